The zero-order chi connectivity index (χ0) is 10.3. The molecular formula is C11H10N4. The second-order valence-corrected chi connectivity index (χ2v) is 3.61. The lowest BCUT2D eigenvalue weighted by Gasteiger charge is -2.02. The number of aromatic amines is 2. The summed E-state index contributed by atoms with van der Waals surface area (Å²) >= 11 is 0. The smallest absolute Gasteiger partial charge is 0.0656 e. The van der Waals surface area contributed by atoms with Crippen molar-refractivity contribution < 1.29 is 0 Å². The van der Waals surface area contributed by atoms with E-state index in [0.29, 0.717) is 0 Å². The van der Waals surface area contributed by atoms with Crippen LogP contribution in [0.3, 0.4) is 0 Å². The molecule has 0 amide bonds. The SMILES string of the molecule is Cc1cc2cn[nH]c2cc1-c1cn[nH]c1. The van der Waals surface area contributed by atoms with E-state index in [1.807, 2.05) is 18.6 Å². The van der Waals surface area contributed by atoms with Gasteiger partial charge in [-0.25, -0.2) is 0 Å². The zero-order valence-corrected chi connectivity index (χ0v) is 8.28. The van der Waals surface area contributed by atoms with Crippen LogP contribution in [0.4, 0.5) is 0 Å². The summed E-state index contributed by atoms with van der Waals surface area (Å²) in [6.07, 6.45) is 5.55. The molecule has 74 valence electrons. The number of hydrogen-bond donors (Lipinski definition) is 2. The molecule has 2 aromatic heterocycles. The molecule has 4 nitrogen and oxygen atoms in total. The number of aromatic nitrogens is 4. The first-order valence-electron chi connectivity index (χ1n) is 4.77. The number of hydrogen-bond acceptors (Lipinski definition) is 2. The lowest BCUT2D eigenvalue weighted by Crippen LogP contribution is -1.81. The highest BCUT2D eigenvalue weighted by Crippen LogP contribution is 2.26. The summed E-state index contributed by atoms with van der Waals surface area (Å²) in [5.74, 6) is 0. The highest BCUT2D eigenvalue weighted by atomic mass is 15.1. The van der Waals surface area contributed by atoms with E-state index in [2.05, 4.69) is 39.5 Å². The summed E-state index contributed by atoms with van der Waals surface area (Å²) in [5.41, 5.74) is 4.56. The van der Waals surface area contributed by atoms with E-state index in [1.165, 1.54) is 11.1 Å². The summed E-state index contributed by atoms with van der Waals surface area (Å²) in [6, 6.07) is 4.23. The second kappa shape index (κ2) is 2.95. The van der Waals surface area contributed by atoms with Gasteiger partial charge >= 0.3 is 0 Å². The molecule has 1 aromatic carbocycles. The molecule has 3 aromatic rings. The van der Waals surface area contributed by atoms with Gasteiger partial charge in [0.2, 0.25) is 0 Å². The molecule has 0 aliphatic carbocycles. The monoisotopic (exact) mass is 198 g/mol. The summed E-state index contributed by atoms with van der Waals surface area (Å²) in [7, 11) is 0. The van der Waals surface area contributed by atoms with Crippen LogP contribution in [0.25, 0.3) is 22.0 Å². The third kappa shape index (κ3) is 1.22. The van der Waals surface area contributed by atoms with Gasteiger partial charge in [-0.15, -0.1) is 0 Å². The lowest BCUT2D eigenvalue weighted by atomic mass is 10.0. The van der Waals surface area contributed by atoms with Crippen molar-refractivity contribution in [3.8, 4) is 11.1 Å². The average molecular weight is 198 g/mol. The van der Waals surface area contributed by atoms with Gasteiger partial charge in [-0.3, -0.25) is 10.2 Å². The van der Waals surface area contributed by atoms with Gasteiger partial charge in [0.1, 0.15) is 0 Å². The molecule has 0 saturated carbocycles. The molecule has 0 aliphatic rings. The van der Waals surface area contributed by atoms with Crippen molar-refractivity contribution in [1.82, 2.24) is 20.4 Å². The van der Waals surface area contributed by atoms with Gasteiger partial charge < -0.3 is 0 Å². The zero-order valence-electron chi connectivity index (χ0n) is 8.28. The van der Waals surface area contributed by atoms with Crippen LogP contribution in [0.2, 0.25) is 0 Å². The fourth-order valence-corrected chi connectivity index (χ4v) is 1.81. The van der Waals surface area contributed by atoms with Crippen molar-refractivity contribution in [2.45, 2.75) is 6.92 Å². The molecule has 2 heterocycles. The lowest BCUT2D eigenvalue weighted by molar-refractivity contribution is 1.09. The fraction of sp³-hybridized carbons (Fsp3) is 0.0909. The summed E-state index contributed by atoms with van der Waals surface area (Å²) in [6.45, 7) is 2.09. The van der Waals surface area contributed by atoms with Gasteiger partial charge in [0.25, 0.3) is 0 Å². The van der Waals surface area contributed by atoms with Gasteiger partial charge in [0, 0.05) is 17.1 Å². The molecule has 0 saturated heterocycles. The quantitative estimate of drug-likeness (QED) is 0.630. The predicted molar refractivity (Wildman–Crippen MR) is 58.4 cm³/mol. The van der Waals surface area contributed by atoms with Crippen LogP contribution < -0.4 is 0 Å². The number of aryl methyl sites for hydroxylation is 1. The van der Waals surface area contributed by atoms with Crippen LogP contribution in [0, 0.1) is 6.92 Å². The Morgan fingerprint density at radius 2 is 2.07 bits per heavy atom. The van der Waals surface area contributed by atoms with Gasteiger partial charge in [-0.2, -0.15) is 10.2 Å². The molecule has 0 fully saturated rings. The molecule has 0 spiro atoms. The van der Waals surface area contributed by atoms with Gasteiger partial charge in [-0.1, -0.05) is 0 Å². The number of nitrogens with zero attached hydrogens (tertiary/aromatic N) is 2. The minimum Gasteiger partial charge on any atom is -0.285 e. The maximum Gasteiger partial charge on any atom is 0.0656 e. The number of rotatable bonds is 1. The van der Waals surface area contributed by atoms with E-state index in [-0.39, 0.29) is 0 Å². The Kier molecular flexibility index (Phi) is 1.62. The first kappa shape index (κ1) is 8.23. The summed E-state index contributed by atoms with van der Waals surface area (Å²) in [4.78, 5) is 0. The molecule has 3 rings (SSSR count). The van der Waals surface area contributed by atoms with Crippen LogP contribution in [0.15, 0.2) is 30.7 Å². The van der Waals surface area contributed by atoms with E-state index >= 15 is 0 Å². The first-order valence-corrected chi connectivity index (χ1v) is 4.77. The maximum absolute atomic E-state index is 4.02. The van der Waals surface area contributed by atoms with Gasteiger partial charge in [-0.05, 0) is 30.2 Å². The standard InChI is InChI=1S/C11H10N4/c1-7-2-8-4-14-15-11(8)3-10(7)9-5-12-13-6-9/h2-6H,1H3,(H,12,13)(H,14,15). The third-order valence-corrected chi connectivity index (χ3v) is 2.59. The number of benzene rings is 1. The van der Waals surface area contributed by atoms with E-state index in [4.69, 9.17) is 0 Å². The number of H-pyrrole nitrogens is 2. The Hall–Kier alpha value is -2.10. The van der Waals surface area contributed by atoms with E-state index in [1.54, 1.807) is 0 Å². The summed E-state index contributed by atoms with van der Waals surface area (Å²) < 4.78 is 0. The van der Waals surface area contributed by atoms with Crippen LogP contribution in [0.5, 0.6) is 0 Å². The minimum absolute atomic E-state index is 1.05. The van der Waals surface area contributed by atoms with E-state index in [0.717, 1.165) is 16.5 Å². The average Bonchev–Trinajstić information content (AvgIpc) is 2.85. The van der Waals surface area contributed by atoms with Crippen LogP contribution in [-0.2, 0) is 0 Å². The molecule has 0 radical (unpaired) electrons. The maximum atomic E-state index is 4.02. The Morgan fingerprint density at radius 3 is 2.87 bits per heavy atom. The van der Waals surface area contributed by atoms with E-state index in [9.17, 15) is 0 Å². The van der Waals surface area contributed by atoms with Gasteiger partial charge in [0.15, 0.2) is 0 Å². The van der Waals surface area contributed by atoms with Crippen LogP contribution in [0.1, 0.15) is 5.56 Å². The topological polar surface area (TPSA) is 57.4 Å². The highest BCUT2D eigenvalue weighted by molar-refractivity contribution is 5.85. The van der Waals surface area contributed by atoms with Crippen molar-refractivity contribution in [1.29, 1.82) is 0 Å². The third-order valence-electron chi connectivity index (χ3n) is 2.59. The second-order valence-electron chi connectivity index (χ2n) is 3.61. The Morgan fingerprint density at radius 1 is 1.13 bits per heavy atom. The Balaban J connectivity index is 2.30. The predicted octanol–water partition coefficient (Wildman–Crippen LogP) is 2.26. The van der Waals surface area contributed by atoms with Crippen LogP contribution >= 0.6 is 0 Å². The first-order chi connectivity index (χ1) is 7.34. The molecule has 0 aliphatic heterocycles. The minimum atomic E-state index is 1.05. The van der Waals surface area contributed by atoms with Crippen molar-refractivity contribution in [2.75, 3.05) is 0 Å². The Bertz CT molecular complexity index is 592. The molecule has 0 unspecified atom stereocenters. The molecule has 0 bridgehead atoms. The van der Waals surface area contributed by atoms with Crippen molar-refractivity contribution in [3.05, 3.63) is 36.3 Å². The number of fused-ring (bicyclic) bond motifs is 1. The fourth-order valence-electron chi connectivity index (χ4n) is 1.81. The van der Waals surface area contributed by atoms with Crippen LogP contribution in [-0.4, -0.2) is 20.4 Å². The molecule has 2 N–H and O–H groups in total. The van der Waals surface area contributed by atoms with Crippen molar-refractivity contribution in [3.63, 3.8) is 0 Å². The normalized spacial score (nSPS) is 11.0. The van der Waals surface area contributed by atoms with E-state index < -0.39 is 0 Å². The highest BCUT2D eigenvalue weighted by Gasteiger charge is 2.05. The Labute approximate surface area is 86.3 Å². The summed E-state index contributed by atoms with van der Waals surface area (Å²) in [5, 5.41) is 14.9. The molecule has 4 heteroatoms. The van der Waals surface area contributed by atoms with Gasteiger partial charge in [0.05, 0.1) is 17.9 Å². The van der Waals surface area contributed by atoms with Crippen molar-refractivity contribution >= 4 is 10.9 Å². The largest absolute Gasteiger partial charge is 0.285 e. The van der Waals surface area contributed by atoms with Crippen molar-refractivity contribution in [2.24, 2.45) is 0 Å². The molecule has 15 heavy (non-hydrogen) atoms. The number of nitrogens with one attached hydrogen (secondary N) is 2. The molecule has 0 atom stereocenters. The molecular weight excluding hydrogens is 188 g/mol.